The van der Waals surface area contributed by atoms with E-state index in [1.54, 1.807) is 0 Å². The minimum Gasteiger partial charge on any atom is -0.490 e. The van der Waals surface area contributed by atoms with Crippen molar-refractivity contribution in [1.82, 2.24) is 0 Å². The molecule has 0 saturated heterocycles. The highest BCUT2D eigenvalue weighted by molar-refractivity contribution is 5.92. The van der Waals surface area contributed by atoms with Gasteiger partial charge in [0.15, 0.2) is 29.2 Å². The Bertz CT molecular complexity index is 3660. The van der Waals surface area contributed by atoms with Gasteiger partial charge in [-0.05, 0) is 51.1 Å². The second-order valence-corrected chi connectivity index (χ2v) is 19.9. The number of rotatable bonds is 25. The lowest BCUT2D eigenvalue weighted by Crippen LogP contribution is -2.35. The van der Waals surface area contributed by atoms with Crippen molar-refractivity contribution in [3.05, 3.63) is 304 Å². The van der Waals surface area contributed by atoms with Gasteiger partial charge in [0.1, 0.15) is 75.2 Å². The van der Waals surface area contributed by atoms with Gasteiger partial charge in [-0.1, -0.05) is 212 Å². The summed E-state index contributed by atoms with van der Waals surface area (Å²) in [4.78, 5) is 15.2. The number of methoxy groups -OCH3 is 1. The minimum atomic E-state index is -1.16. The average Bonchev–Trinajstić information content (AvgIpc) is 3.63. The highest BCUT2D eigenvalue weighted by atomic mass is 19.1. The normalized spacial score (nSPS) is 13.3. The Balaban J connectivity index is 1.03. The number of esters is 1. The smallest absolute Gasteiger partial charge is 0.341 e. The highest BCUT2D eigenvalue weighted by Gasteiger charge is 2.39. The van der Waals surface area contributed by atoms with Crippen LogP contribution in [-0.2, 0) is 57.4 Å². The lowest BCUT2D eigenvalue weighted by molar-refractivity contribution is -0.0195. The van der Waals surface area contributed by atoms with E-state index in [0.29, 0.717) is 45.6 Å². The fraction of sp³-hybridized carbons (Fsp3) is 0.153. The largest absolute Gasteiger partial charge is 0.490 e. The van der Waals surface area contributed by atoms with Crippen LogP contribution in [0.3, 0.4) is 0 Å². The standard InChI is InChI=1S/C72H61FO11/c1-75-71-67(73)60(42-65(80-47-54-31-17-6-18-32-54)70(71)82-49-56-35-21-8-22-36-56)72(74)84-66-41-59-61(77-44-51-25-11-3-12-26-51)39-58(76-43-50-23-9-2-10-24-50)40-62(59)83-68(66)57-37-63(78-45-52-27-13-4-14-28-52)69(81-48-55-33-19-7-20-34-55)64(38-57)79-46-53-29-15-5-16-30-53/h2-40,42,66,68H,41,43-49H2,1H3/t66-,68+/m1/s1. The molecule has 0 radical (unpaired) electrons. The lowest BCUT2D eigenvalue weighted by Gasteiger charge is -2.35. The molecule has 11 nitrogen and oxygen atoms in total. The maximum atomic E-state index is 17.4. The summed E-state index contributed by atoms with van der Waals surface area (Å²) in [5.41, 5.74) is 6.89. The molecule has 0 bridgehead atoms. The van der Waals surface area contributed by atoms with Crippen molar-refractivity contribution < 1.29 is 56.6 Å². The van der Waals surface area contributed by atoms with Crippen molar-refractivity contribution in [1.29, 1.82) is 0 Å². The molecule has 0 aliphatic carbocycles. The van der Waals surface area contributed by atoms with Crippen molar-refractivity contribution >= 4 is 5.97 Å². The predicted octanol–water partition coefficient (Wildman–Crippen LogP) is 15.8. The third kappa shape index (κ3) is 14.3. The number of carbonyl (C=O) groups is 1. The summed E-state index contributed by atoms with van der Waals surface area (Å²) in [5.74, 6) is 0.0168. The molecule has 0 saturated carbocycles. The molecular weight excluding hydrogens is 1060 g/mol. The van der Waals surface area contributed by atoms with E-state index in [1.807, 2.05) is 237 Å². The second-order valence-electron chi connectivity index (χ2n) is 19.9. The van der Waals surface area contributed by atoms with Crippen LogP contribution in [0.4, 0.5) is 4.39 Å². The maximum Gasteiger partial charge on any atom is 0.341 e. The van der Waals surface area contributed by atoms with Gasteiger partial charge in [-0.3, -0.25) is 0 Å². The zero-order valence-corrected chi connectivity index (χ0v) is 46.3. The number of fused-ring (bicyclic) bond motifs is 1. The molecule has 422 valence electrons. The zero-order valence-electron chi connectivity index (χ0n) is 46.3. The first-order valence-electron chi connectivity index (χ1n) is 27.7. The van der Waals surface area contributed by atoms with Crippen LogP contribution in [0.5, 0.6) is 51.7 Å². The monoisotopic (exact) mass is 1120 g/mol. The van der Waals surface area contributed by atoms with E-state index in [1.165, 1.54) is 13.2 Å². The number of carbonyl (C=O) groups excluding carboxylic acids is 1. The molecule has 10 aromatic carbocycles. The molecular formula is C72H61FO11. The fourth-order valence-corrected chi connectivity index (χ4v) is 9.65. The first-order valence-corrected chi connectivity index (χ1v) is 27.7. The number of hydrogen-bond acceptors (Lipinski definition) is 11. The molecule has 84 heavy (non-hydrogen) atoms. The number of benzene rings is 10. The van der Waals surface area contributed by atoms with Crippen LogP contribution in [0, 0.1) is 5.82 Å². The summed E-state index contributed by atoms with van der Waals surface area (Å²) < 4.78 is 82.9. The van der Waals surface area contributed by atoms with Gasteiger partial charge in [0, 0.05) is 35.7 Å². The molecule has 0 unspecified atom stereocenters. The molecule has 0 spiro atoms. The molecule has 2 atom stereocenters. The quantitative estimate of drug-likeness (QED) is 0.0510. The fourth-order valence-electron chi connectivity index (χ4n) is 9.65. The van der Waals surface area contributed by atoms with E-state index in [0.717, 1.165) is 38.9 Å². The Morgan fingerprint density at radius 3 is 1.18 bits per heavy atom. The van der Waals surface area contributed by atoms with Gasteiger partial charge in [0.25, 0.3) is 0 Å². The topological polar surface area (TPSA) is 109 Å². The second kappa shape index (κ2) is 27.5. The number of ether oxygens (including phenoxy) is 10. The van der Waals surface area contributed by atoms with Crippen molar-refractivity contribution in [3.63, 3.8) is 0 Å². The molecule has 10 aromatic rings. The van der Waals surface area contributed by atoms with Crippen LogP contribution in [0.2, 0.25) is 0 Å². The molecule has 11 rings (SSSR count). The maximum absolute atomic E-state index is 17.4. The van der Waals surface area contributed by atoms with E-state index in [9.17, 15) is 0 Å². The van der Waals surface area contributed by atoms with E-state index >= 15 is 9.18 Å². The summed E-state index contributed by atoms with van der Waals surface area (Å²) in [6.45, 7) is 1.12. The van der Waals surface area contributed by atoms with Gasteiger partial charge < -0.3 is 47.4 Å². The Morgan fingerprint density at radius 1 is 0.417 bits per heavy atom. The SMILES string of the molecule is COc1c(F)c(C(=O)O[C@@H]2Cc3c(OCc4ccccc4)cc(OCc4ccccc4)cc3O[C@H]2c2cc(OCc3ccccc3)c(OCc3ccccc3)c(OCc3ccccc3)c2)cc(OCc2ccccc2)c1OCc1ccccc1. The minimum absolute atomic E-state index is 0.0229. The Morgan fingerprint density at radius 2 is 0.774 bits per heavy atom. The Hall–Kier alpha value is -10.2. The van der Waals surface area contributed by atoms with Crippen LogP contribution in [0.25, 0.3) is 0 Å². The summed E-state index contributed by atoms with van der Waals surface area (Å²) in [6.07, 6.45) is -2.22. The van der Waals surface area contributed by atoms with Gasteiger partial charge >= 0.3 is 5.97 Å². The Kier molecular flexibility index (Phi) is 18.2. The van der Waals surface area contributed by atoms with Crippen LogP contribution in [0.15, 0.2) is 243 Å². The van der Waals surface area contributed by atoms with E-state index in [2.05, 4.69) is 0 Å². The molecule has 0 amide bonds. The van der Waals surface area contributed by atoms with Crippen LogP contribution in [0.1, 0.15) is 66.5 Å². The van der Waals surface area contributed by atoms with Crippen molar-refractivity contribution in [2.75, 3.05) is 7.11 Å². The predicted molar refractivity (Wildman–Crippen MR) is 318 cm³/mol. The van der Waals surface area contributed by atoms with Crippen LogP contribution in [-0.4, -0.2) is 19.2 Å². The highest BCUT2D eigenvalue weighted by Crippen LogP contribution is 2.49. The van der Waals surface area contributed by atoms with Crippen molar-refractivity contribution in [3.8, 4) is 51.7 Å². The van der Waals surface area contributed by atoms with Gasteiger partial charge in [-0.2, -0.15) is 0 Å². The molecule has 0 fully saturated rings. The van der Waals surface area contributed by atoms with Gasteiger partial charge in [0.2, 0.25) is 17.2 Å². The number of hydrogen-bond donors (Lipinski definition) is 0. The average molecular weight is 1120 g/mol. The molecule has 12 heteroatoms. The van der Waals surface area contributed by atoms with Crippen molar-refractivity contribution in [2.45, 2.75) is 64.9 Å². The summed E-state index contributed by atoms with van der Waals surface area (Å²) in [6, 6.07) is 76.4. The molecule has 0 aromatic heterocycles. The zero-order chi connectivity index (χ0) is 57.3. The lowest BCUT2D eigenvalue weighted by atomic mass is 9.93. The molecule has 1 heterocycles. The van der Waals surface area contributed by atoms with Gasteiger partial charge in [0.05, 0.1) is 7.11 Å². The molecule has 1 aliphatic rings. The Labute approximate surface area is 488 Å². The van der Waals surface area contributed by atoms with E-state index < -0.39 is 29.6 Å². The van der Waals surface area contributed by atoms with E-state index in [4.69, 9.17) is 47.4 Å². The van der Waals surface area contributed by atoms with Crippen LogP contribution >= 0.6 is 0 Å². The van der Waals surface area contributed by atoms with Gasteiger partial charge in [-0.15, -0.1) is 0 Å². The summed E-state index contributed by atoms with van der Waals surface area (Å²) in [5, 5.41) is 0. The summed E-state index contributed by atoms with van der Waals surface area (Å²) in [7, 11) is 1.31. The van der Waals surface area contributed by atoms with Crippen molar-refractivity contribution in [2.24, 2.45) is 0 Å². The van der Waals surface area contributed by atoms with E-state index in [-0.39, 0.29) is 69.9 Å². The summed E-state index contributed by atoms with van der Waals surface area (Å²) >= 11 is 0. The molecule has 0 N–H and O–H groups in total. The third-order valence-electron chi connectivity index (χ3n) is 14.0. The third-order valence-corrected chi connectivity index (χ3v) is 14.0. The first-order chi connectivity index (χ1) is 41.4. The van der Waals surface area contributed by atoms with Gasteiger partial charge in [-0.25, -0.2) is 9.18 Å². The number of halogens is 1. The van der Waals surface area contributed by atoms with Crippen LogP contribution < -0.4 is 42.6 Å². The molecule has 1 aliphatic heterocycles. The first kappa shape index (κ1) is 55.7.